The second kappa shape index (κ2) is 4.24. The van der Waals surface area contributed by atoms with E-state index in [2.05, 4.69) is 0 Å². The van der Waals surface area contributed by atoms with Crippen LogP contribution in [0, 0.1) is 5.41 Å². The largest absolute Gasteiger partial charge is 0.426 e. The minimum atomic E-state index is -0.851. The number of rotatable bonds is 3. The Hall–Kier alpha value is -1.35. The molecule has 0 saturated heterocycles. The summed E-state index contributed by atoms with van der Waals surface area (Å²) in [5.74, 6) is 0.0743. The molecule has 0 fully saturated rings. The van der Waals surface area contributed by atoms with Gasteiger partial charge in [-0.2, -0.15) is 0 Å². The zero-order valence-corrected chi connectivity index (χ0v) is 8.36. The molecule has 1 rings (SSSR count). The van der Waals surface area contributed by atoms with Gasteiger partial charge in [0.25, 0.3) is 0 Å². The van der Waals surface area contributed by atoms with Crippen LogP contribution < -0.4 is 4.74 Å². The summed E-state index contributed by atoms with van der Waals surface area (Å²) < 4.78 is 5.07. The predicted molar refractivity (Wildman–Crippen MR) is 52.9 cm³/mol. The van der Waals surface area contributed by atoms with Gasteiger partial charge in [-0.3, -0.25) is 4.79 Å². The van der Waals surface area contributed by atoms with Gasteiger partial charge < -0.3 is 9.84 Å². The molecule has 0 unspecified atom stereocenters. The van der Waals surface area contributed by atoms with Crippen LogP contribution in [0.1, 0.15) is 13.8 Å². The fourth-order valence-corrected chi connectivity index (χ4v) is 0.798. The summed E-state index contributed by atoms with van der Waals surface area (Å²) in [6.07, 6.45) is 0. The Kier molecular flexibility index (Phi) is 3.25. The van der Waals surface area contributed by atoms with Gasteiger partial charge in [-0.25, -0.2) is 0 Å². The number of ether oxygens (including phenoxy) is 1. The standard InChI is InChI=1S/C11H14O3/c1-11(2,8-12)10(13)14-9-6-4-3-5-7-9/h3-7,12H,8H2,1-2H3. The van der Waals surface area contributed by atoms with Crippen LogP contribution in [-0.2, 0) is 4.79 Å². The normalized spacial score (nSPS) is 11.1. The van der Waals surface area contributed by atoms with Gasteiger partial charge in [0.05, 0.1) is 12.0 Å². The van der Waals surface area contributed by atoms with Crippen LogP contribution in [0.5, 0.6) is 5.75 Å². The molecule has 0 atom stereocenters. The molecule has 0 aliphatic rings. The molecule has 0 bridgehead atoms. The third-order valence-corrected chi connectivity index (χ3v) is 1.90. The first-order valence-electron chi connectivity index (χ1n) is 4.44. The predicted octanol–water partition coefficient (Wildman–Crippen LogP) is 1.61. The van der Waals surface area contributed by atoms with E-state index in [9.17, 15) is 4.79 Å². The van der Waals surface area contributed by atoms with Crippen molar-refractivity contribution in [3.05, 3.63) is 30.3 Å². The lowest BCUT2D eigenvalue weighted by Gasteiger charge is -2.18. The van der Waals surface area contributed by atoms with Crippen molar-refractivity contribution in [3.8, 4) is 5.75 Å². The highest BCUT2D eigenvalue weighted by Gasteiger charge is 2.28. The van der Waals surface area contributed by atoms with Crippen molar-refractivity contribution < 1.29 is 14.6 Å². The molecule has 0 aromatic heterocycles. The van der Waals surface area contributed by atoms with Crippen LogP contribution in [0.15, 0.2) is 30.3 Å². The Morgan fingerprint density at radius 2 is 1.93 bits per heavy atom. The fraction of sp³-hybridized carbons (Fsp3) is 0.364. The molecule has 0 amide bonds. The van der Waals surface area contributed by atoms with Gasteiger partial charge >= 0.3 is 5.97 Å². The maximum Gasteiger partial charge on any atom is 0.319 e. The molecular formula is C11H14O3. The van der Waals surface area contributed by atoms with Crippen molar-refractivity contribution in [2.75, 3.05) is 6.61 Å². The monoisotopic (exact) mass is 194 g/mol. The molecule has 0 aliphatic heterocycles. The number of esters is 1. The minimum absolute atomic E-state index is 0.224. The van der Waals surface area contributed by atoms with E-state index in [1.807, 2.05) is 6.07 Å². The van der Waals surface area contributed by atoms with Gasteiger partial charge in [0.15, 0.2) is 0 Å². The average Bonchev–Trinajstić information content (AvgIpc) is 2.19. The van der Waals surface area contributed by atoms with E-state index in [1.165, 1.54) is 0 Å². The number of aliphatic hydroxyl groups excluding tert-OH is 1. The van der Waals surface area contributed by atoms with E-state index >= 15 is 0 Å². The molecule has 0 radical (unpaired) electrons. The van der Waals surface area contributed by atoms with Gasteiger partial charge in [-0.1, -0.05) is 18.2 Å². The lowest BCUT2D eigenvalue weighted by molar-refractivity contribution is -0.146. The van der Waals surface area contributed by atoms with Crippen LogP contribution in [0.25, 0.3) is 0 Å². The molecule has 0 saturated carbocycles. The number of carbonyl (C=O) groups excluding carboxylic acids is 1. The van der Waals surface area contributed by atoms with Crippen LogP contribution in [0.2, 0.25) is 0 Å². The van der Waals surface area contributed by atoms with E-state index in [1.54, 1.807) is 38.1 Å². The van der Waals surface area contributed by atoms with Crippen LogP contribution in [0.3, 0.4) is 0 Å². The first kappa shape index (κ1) is 10.7. The number of aliphatic hydroxyl groups is 1. The van der Waals surface area contributed by atoms with Crippen molar-refractivity contribution in [2.24, 2.45) is 5.41 Å². The zero-order valence-electron chi connectivity index (χ0n) is 8.36. The molecule has 0 spiro atoms. The quantitative estimate of drug-likeness (QED) is 0.587. The second-order valence-corrected chi connectivity index (χ2v) is 3.74. The number of carbonyl (C=O) groups is 1. The van der Waals surface area contributed by atoms with E-state index in [0.717, 1.165) is 0 Å². The summed E-state index contributed by atoms with van der Waals surface area (Å²) in [5.41, 5.74) is -0.851. The first-order valence-corrected chi connectivity index (χ1v) is 4.44. The Balaban J connectivity index is 2.67. The van der Waals surface area contributed by atoms with Crippen molar-refractivity contribution in [1.82, 2.24) is 0 Å². The summed E-state index contributed by atoms with van der Waals surface area (Å²) in [4.78, 5) is 11.5. The molecule has 0 aliphatic carbocycles. The maximum atomic E-state index is 11.5. The van der Waals surface area contributed by atoms with Gasteiger partial charge in [0, 0.05) is 0 Å². The topological polar surface area (TPSA) is 46.5 Å². The lowest BCUT2D eigenvalue weighted by atomic mass is 9.95. The van der Waals surface area contributed by atoms with Crippen molar-refractivity contribution >= 4 is 5.97 Å². The maximum absolute atomic E-state index is 11.5. The highest BCUT2D eigenvalue weighted by atomic mass is 16.5. The molecule has 1 N–H and O–H groups in total. The van der Waals surface area contributed by atoms with Gasteiger partial charge in [-0.05, 0) is 26.0 Å². The van der Waals surface area contributed by atoms with E-state index in [-0.39, 0.29) is 6.61 Å². The summed E-state index contributed by atoms with van der Waals surface area (Å²) in [5, 5.41) is 8.94. The van der Waals surface area contributed by atoms with Crippen molar-refractivity contribution in [1.29, 1.82) is 0 Å². The highest BCUT2D eigenvalue weighted by molar-refractivity contribution is 5.78. The molecule has 76 valence electrons. The zero-order chi connectivity index (χ0) is 10.6. The van der Waals surface area contributed by atoms with Crippen LogP contribution in [-0.4, -0.2) is 17.7 Å². The molecular weight excluding hydrogens is 180 g/mol. The molecule has 1 aromatic rings. The number of hydrogen-bond acceptors (Lipinski definition) is 3. The van der Waals surface area contributed by atoms with Gasteiger partial charge in [0.1, 0.15) is 5.75 Å². The Morgan fingerprint density at radius 1 is 1.36 bits per heavy atom. The van der Waals surface area contributed by atoms with Crippen molar-refractivity contribution in [2.45, 2.75) is 13.8 Å². The highest BCUT2D eigenvalue weighted by Crippen LogP contribution is 2.18. The molecule has 0 heterocycles. The summed E-state index contributed by atoms with van der Waals surface area (Å²) in [6, 6.07) is 8.81. The SMILES string of the molecule is CC(C)(CO)C(=O)Oc1ccccc1. The summed E-state index contributed by atoms with van der Waals surface area (Å²) in [7, 11) is 0. The second-order valence-electron chi connectivity index (χ2n) is 3.74. The average molecular weight is 194 g/mol. The van der Waals surface area contributed by atoms with Gasteiger partial charge in [0.2, 0.25) is 0 Å². The van der Waals surface area contributed by atoms with E-state index in [0.29, 0.717) is 5.75 Å². The molecule has 14 heavy (non-hydrogen) atoms. The Bertz CT molecular complexity index is 304. The first-order chi connectivity index (χ1) is 6.56. The fourth-order valence-electron chi connectivity index (χ4n) is 0.798. The smallest absolute Gasteiger partial charge is 0.319 e. The van der Waals surface area contributed by atoms with Crippen LogP contribution in [0.4, 0.5) is 0 Å². The summed E-state index contributed by atoms with van der Waals surface area (Å²) in [6.45, 7) is 3.05. The number of benzene rings is 1. The Labute approximate surface area is 83.3 Å². The van der Waals surface area contributed by atoms with Crippen LogP contribution >= 0.6 is 0 Å². The van der Waals surface area contributed by atoms with E-state index in [4.69, 9.17) is 9.84 Å². The lowest BCUT2D eigenvalue weighted by Crippen LogP contribution is -2.32. The Morgan fingerprint density at radius 3 is 2.43 bits per heavy atom. The van der Waals surface area contributed by atoms with E-state index < -0.39 is 11.4 Å². The van der Waals surface area contributed by atoms with Crippen molar-refractivity contribution in [3.63, 3.8) is 0 Å². The number of para-hydroxylation sites is 1. The third-order valence-electron chi connectivity index (χ3n) is 1.90. The number of hydrogen-bond donors (Lipinski definition) is 1. The third kappa shape index (κ3) is 2.57. The summed E-state index contributed by atoms with van der Waals surface area (Å²) >= 11 is 0. The van der Waals surface area contributed by atoms with Gasteiger partial charge in [-0.15, -0.1) is 0 Å². The molecule has 3 nitrogen and oxygen atoms in total. The minimum Gasteiger partial charge on any atom is -0.426 e. The molecule has 3 heteroatoms. The molecule has 1 aromatic carbocycles.